The van der Waals surface area contributed by atoms with Crippen LogP contribution < -0.4 is 5.32 Å². The standard InChI is InChI=1S/C19H20BrClN2O/c1-13(23-9-8-14-4-2-3-5-15(14)12-23)11-22-19(24)17-10-16(20)6-7-18(17)21/h2-7,10,13H,8-9,11-12H2,1H3,(H,22,24)/t13-/m1/s1. The number of carbonyl (C=O) groups excluding carboxylic acids is 1. The molecule has 1 aliphatic heterocycles. The number of halogens is 2. The van der Waals surface area contributed by atoms with Gasteiger partial charge in [-0.1, -0.05) is 51.8 Å². The van der Waals surface area contributed by atoms with Crippen molar-refractivity contribution in [2.75, 3.05) is 13.1 Å². The maximum Gasteiger partial charge on any atom is 0.252 e. The second-order valence-electron chi connectivity index (χ2n) is 6.17. The predicted octanol–water partition coefficient (Wildman–Crippen LogP) is 4.28. The number of hydrogen-bond donors (Lipinski definition) is 1. The number of hydrogen-bond acceptors (Lipinski definition) is 2. The molecule has 2 aromatic carbocycles. The van der Waals surface area contributed by atoms with Crippen LogP contribution in [0.25, 0.3) is 0 Å². The van der Waals surface area contributed by atoms with Gasteiger partial charge in [0, 0.05) is 30.1 Å². The zero-order valence-electron chi connectivity index (χ0n) is 13.6. The zero-order chi connectivity index (χ0) is 17.1. The van der Waals surface area contributed by atoms with Gasteiger partial charge in [0.15, 0.2) is 0 Å². The van der Waals surface area contributed by atoms with Crippen molar-refractivity contribution in [1.82, 2.24) is 10.2 Å². The van der Waals surface area contributed by atoms with Gasteiger partial charge in [0.25, 0.3) is 5.91 Å². The van der Waals surface area contributed by atoms with Gasteiger partial charge in [-0.25, -0.2) is 0 Å². The lowest BCUT2D eigenvalue weighted by Gasteiger charge is -2.33. The highest BCUT2D eigenvalue weighted by molar-refractivity contribution is 9.10. The lowest BCUT2D eigenvalue weighted by molar-refractivity contribution is 0.0932. The fraction of sp³-hybridized carbons (Fsp3) is 0.316. The fourth-order valence-corrected chi connectivity index (χ4v) is 3.59. The molecule has 2 aromatic rings. The highest BCUT2D eigenvalue weighted by Crippen LogP contribution is 2.22. The first-order valence-corrected chi connectivity index (χ1v) is 9.26. The summed E-state index contributed by atoms with van der Waals surface area (Å²) in [4.78, 5) is 14.8. The lowest BCUT2D eigenvalue weighted by atomic mass is 9.99. The molecule has 0 aromatic heterocycles. The summed E-state index contributed by atoms with van der Waals surface area (Å²) in [5.41, 5.74) is 3.32. The molecule has 3 rings (SSSR count). The molecule has 0 bridgehead atoms. The quantitative estimate of drug-likeness (QED) is 0.820. The molecule has 0 fully saturated rings. The second kappa shape index (κ2) is 7.68. The maximum absolute atomic E-state index is 12.4. The van der Waals surface area contributed by atoms with Crippen LogP contribution in [0.3, 0.4) is 0 Å². The molecule has 126 valence electrons. The molecular weight excluding hydrogens is 388 g/mol. The molecule has 0 saturated carbocycles. The first kappa shape index (κ1) is 17.5. The van der Waals surface area contributed by atoms with Crippen molar-refractivity contribution in [3.05, 3.63) is 68.7 Å². The molecule has 3 nitrogen and oxygen atoms in total. The van der Waals surface area contributed by atoms with Crippen molar-refractivity contribution in [3.63, 3.8) is 0 Å². The summed E-state index contributed by atoms with van der Waals surface area (Å²) in [6.07, 6.45) is 1.06. The Morgan fingerprint density at radius 2 is 2.04 bits per heavy atom. The summed E-state index contributed by atoms with van der Waals surface area (Å²) in [6, 6.07) is 14.2. The largest absolute Gasteiger partial charge is 0.350 e. The normalized spacial score (nSPS) is 15.6. The summed E-state index contributed by atoms with van der Waals surface area (Å²) >= 11 is 9.49. The molecular formula is C19H20BrClN2O. The molecule has 1 amide bonds. The molecule has 1 N–H and O–H groups in total. The van der Waals surface area contributed by atoms with Crippen LogP contribution in [0, 0.1) is 0 Å². The van der Waals surface area contributed by atoms with Gasteiger partial charge in [-0.15, -0.1) is 0 Å². The average Bonchev–Trinajstić information content (AvgIpc) is 2.61. The summed E-state index contributed by atoms with van der Waals surface area (Å²) in [5, 5.41) is 3.47. The number of nitrogens with one attached hydrogen (secondary N) is 1. The molecule has 1 atom stereocenters. The minimum absolute atomic E-state index is 0.134. The van der Waals surface area contributed by atoms with Crippen molar-refractivity contribution in [2.24, 2.45) is 0 Å². The van der Waals surface area contributed by atoms with E-state index in [-0.39, 0.29) is 11.9 Å². The average molecular weight is 408 g/mol. The number of amides is 1. The van der Waals surface area contributed by atoms with E-state index in [0.717, 1.165) is 24.0 Å². The van der Waals surface area contributed by atoms with E-state index >= 15 is 0 Å². The van der Waals surface area contributed by atoms with Crippen LogP contribution >= 0.6 is 27.5 Å². The van der Waals surface area contributed by atoms with Crippen LogP contribution in [-0.2, 0) is 13.0 Å². The highest BCUT2D eigenvalue weighted by Gasteiger charge is 2.21. The van der Waals surface area contributed by atoms with Gasteiger partial charge in [0.05, 0.1) is 10.6 Å². The van der Waals surface area contributed by atoms with E-state index in [9.17, 15) is 4.79 Å². The van der Waals surface area contributed by atoms with Gasteiger partial charge in [-0.05, 0) is 42.7 Å². The molecule has 0 unspecified atom stereocenters. The monoisotopic (exact) mass is 406 g/mol. The van der Waals surface area contributed by atoms with Crippen LogP contribution in [0.15, 0.2) is 46.9 Å². The van der Waals surface area contributed by atoms with Crippen LogP contribution in [-0.4, -0.2) is 29.9 Å². The van der Waals surface area contributed by atoms with Crippen LogP contribution in [0.1, 0.15) is 28.4 Å². The van der Waals surface area contributed by atoms with E-state index in [1.807, 2.05) is 6.07 Å². The maximum atomic E-state index is 12.4. The third kappa shape index (κ3) is 4.00. The zero-order valence-corrected chi connectivity index (χ0v) is 15.9. The Kier molecular flexibility index (Phi) is 5.59. The van der Waals surface area contributed by atoms with E-state index in [1.54, 1.807) is 12.1 Å². The topological polar surface area (TPSA) is 32.3 Å². The Hall–Kier alpha value is -1.36. The molecule has 0 aliphatic carbocycles. The van der Waals surface area contributed by atoms with Gasteiger partial charge >= 0.3 is 0 Å². The number of nitrogens with zero attached hydrogens (tertiary/aromatic N) is 1. The molecule has 1 aliphatic rings. The first-order chi connectivity index (χ1) is 11.5. The Labute approximate surface area is 156 Å². The number of carbonyl (C=O) groups is 1. The minimum atomic E-state index is -0.134. The Morgan fingerprint density at radius 3 is 2.83 bits per heavy atom. The van der Waals surface area contributed by atoms with E-state index in [4.69, 9.17) is 11.6 Å². The van der Waals surface area contributed by atoms with Crippen LogP contribution in [0.2, 0.25) is 5.02 Å². The second-order valence-corrected chi connectivity index (χ2v) is 7.50. The summed E-state index contributed by atoms with van der Waals surface area (Å²) in [7, 11) is 0. The van der Waals surface area contributed by atoms with E-state index < -0.39 is 0 Å². The summed E-state index contributed by atoms with van der Waals surface area (Å²) in [6.45, 7) is 4.71. The van der Waals surface area contributed by atoms with Gasteiger partial charge < -0.3 is 5.32 Å². The van der Waals surface area contributed by atoms with Crippen molar-refractivity contribution < 1.29 is 4.79 Å². The molecule has 5 heteroatoms. The van der Waals surface area contributed by atoms with E-state index in [2.05, 4.69) is 57.3 Å². The van der Waals surface area contributed by atoms with Crippen molar-refractivity contribution in [2.45, 2.75) is 25.9 Å². The smallest absolute Gasteiger partial charge is 0.252 e. The van der Waals surface area contributed by atoms with Crippen molar-refractivity contribution in [3.8, 4) is 0 Å². The molecule has 24 heavy (non-hydrogen) atoms. The van der Waals surface area contributed by atoms with E-state index in [1.165, 1.54) is 11.1 Å². The number of fused-ring (bicyclic) bond motifs is 1. The molecule has 1 heterocycles. The third-order valence-electron chi connectivity index (χ3n) is 4.51. The first-order valence-electron chi connectivity index (χ1n) is 8.08. The van der Waals surface area contributed by atoms with Gasteiger partial charge in [0.2, 0.25) is 0 Å². The summed E-state index contributed by atoms with van der Waals surface area (Å²) in [5.74, 6) is -0.134. The van der Waals surface area contributed by atoms with Gasteiger partial charge in [-0.2, -0.15) is 0 Å². The molecule has 0 spiro atoms. The van der Waals surface area contributed by atoms with Gasteiger partial charge in [-0.3, -0.25) is 9.69 Å². The highest BCUT2D eigenvalue weighted by atomic mass is 79.9. The van der Waals surface area contributed by atoms with Crippen molar-refractivity contribution >= 4 is 33.4 Å². The lowest BCUT2D eigenvalue weighted by Crippen LogP contribution is -2.44. The third-order valence-corrected chi connectivity index (χ3v) is 5.34. The fourth-order valence-electron chi connectivity index (χ4n) is 3.03. The Balaban J connectivity index is 1.59. The molecule has 0 saturated heterocycles. The van der Waals surface area contributed by atoms with Gasteiger partial charge in [0.1, 0.15) is 0 Å². The van der Waals surface area contributed by atoms with Crippen LogP contribution in [0.5, 0.6) is 0 Å². The Bertz CT molecular complexity index is 750. The summed E-state index contributed by atoms with van der Waals surface area (Å²) < 4.78 is 0.845. The van der Waals surface area contributed by atoms with Crippen molar-refractivity contribution in [1.29, 1.82) is 0 Å². The number of rotatable bonds is 4. The number of benzene rings is 2. The molecule has 0 radical (unpaired) electrons. The van der Waals surface area contributed by atoms with Crippen LogP contribution in [0.4, 0.5) is 0 Å². The van der Waals surface area contributed by atoms with E-state index in [0.29, 0.717) is 17.1 Å². The SMILES string of the molecule is C[C@H](CNC(=O)c1cc(Br)ccc1Cl)N1CCc2ccccc2C1. The minimum Gasteiger partial charge on any atom is -0.350 e. The Morgan fingerprint density at radius 1 is 1.29 bits per heavy atom. The predicted molar refractivity (Wildman–Crippen MR) is 102 cm³/mol.